The van der Waals surface area contributed by atoms with Crippen molar-refractivity contribution in [3.8, 4) is 17.2 Å². The number of hydrogen-bond donors (Lipinski definition) is 2. The summed E-state index contributed by atoms with van der Waals surface area (Å²) in [4.78, 5) is 29.7. The van der Waals surface area contributed by atoms with Gasteiger partial charge < -0.3 is 15.4 Å². The second kappa shape index (κ2) is 6.99. The van der Waals surface area contributed by atoms with E-state index in [9.17, 15) is 14.9 Å². The molecule has 0 spiro atoms. The summed E-state index contributed by atoms with van der Waals surface area (Å²) in [5.74, 6) is -0.0782. The molecule has 4 aliphatic rings. The van der Waals surface area contributed by atoms with Crippen LogP contribution in [0.3, 0.4) is 0 Å². The van der Waals surface area contributed by atoms with Crippen molar-refractivity contribution in [2.75, 3.05) is 24.5 Å². The summed E-state index contributed by atoms with van der Waals surface area (Å²) in [6.45, 7) is 3.27. The molecular weight excluding hydrogens is 425 g/mol. The third-order valence-corrected chi connectivity index (χ3v) is 7.58. The largest absolute Gasteiger partial charge is 0.442 e. The van der Waals surface area contributed by atoms with E-state index in [1.54, 1.807) is 12.3 Å². The smallest absolute Gasteiger partial charge is 0.415 e. The number of anilines is 1. The number of nitrogens with one attached hydrogen (secondary N) is 2. The molecule has 1 aromatic carbocycles. The van der Waals surface area contributed by atoms with Gasteiger partial charge in [0.05, 0.1) is 30.0 Å². The van der Waals surface area contributed by atoms with Crippen molar-refractivity contribution < 1.29 is 18.7 Å². The molecule has 4 heterocycles. The molecule has 2 N–H and O–H groups in total. The van der Waals surface area contributed by atoms with Crippen LogP contribution < -0.4 is 15.5 Å². The number of carbonyl (C=O) groups excluding carboxylic acids is 2. The third kappa shape index (κ3) is 2.80. The molecule has 2 amide bonds. The molecule has 33 heavy (non-hydrogen) atoms. The molecule has 3 aliphatic heterocycles. The summed E-state index contributed by atoms with van der Waals surface area (Å²) in [6, 6.07) is 8.97. The first kappa shape index (κ1) is 20.1. The highest BCUT2D eigenvalue weighted by Gasteiger charge is 2.69. The Balaban J connectivity index is 1.28. The zero-order valence-corrected chi connectivity index (χ0v) is 18.0. The van der Waals surface area contributed by atoms with Crippen LogP contribution in [0.1, 0.15) is 18.2 Å². The Morgan fingerprint density at radius 2 is 2.18 bits per heavy atom. The molecule has 2 aromatic rings. The molecule has 3 fully saturated rings. The minimum absolute atomic E-state index is 0.200. The van der Waals surface area contributed by atoms with Gasteiger partial charge in [0.25, 0.3) is 0 Å². The minimum Gasteiger partial charge on any atom is -0.442 e. The Hall–Kier alpha value is -3.51. The summed E-state index contributed by atoms with van der Waals surface area (Å²) in [5.41, 5.74) is 2.60. The highest BCUT2D eigenvalue weighted by atomic mass is 19.1. The normalized spacial score (nSPS) is 30.8. The van der Waals surface area contributed by atoms with Gasteiger partial charge in [0.2, 0.25) is 5.91 Å². The maximum absolute atomic E-state index is 15.1. The lowest BCUT2D eigenvalue weighted by molar-refractivity contribution is -0.119. The van der Waals surface area contributed by atoms with Crippen LogP contribution in [0, 0.1) is 29.0 Å². The second-order valence-electron chi connectivity index (χ2n) is 9.25. The predicted octanol–water partition coefficient (Wildman–Crippen LogP) is 1.88. The van der Waals surface area contributed by atoms with Gasteiger partial charge >= 0.3 is 6.09 Å². The van der Waals surface area contributed by atoms with Gasteiger partial charge in [-0.25, -0.2) is 9.18 Å². The fourth-order valence-electron chi connectivity index (χ4n) is 5.87. The average Bonchev–Trinajstić information content (AvgIpc) is 3.19. The second-order valence-corrected chi connectivity index (χ2v) is 9.25. The van der Waals surface area contributed by atoms with E-state index < -0.39 is 23.4 Å². The quantitative estimate of drug-likeness (QED) is 0.741. The topological polar surface area (TPSA) is 107 Å². The summed E-state index contributed by atoms with van der Waals surface area (Å²) >= 11 is 0. The zero-order valence-electron chi connectivity index (χ0n) is 18.0. The van der Waals surface area contributed by atoms with Crippen LogP contribution in [0.4, 0.5) is 14.9 Å². The molecular formula is C24H22FN5O3. The Morgan fingerprint density at radius 1 is 1.39 bits per heavy atom. The van der Waals surface area contributed by atoms with Crippen molar-refractivity contribution in [2.24, 2.45) is 11.8 Å². The van der Waals surface area contributed by atoms with Gasteiger partial charge in [-0.05, 0) is 30.2 Å². The SMILES string of the molecule is CC(=O)NC[C@@H]1OC(=O)N2c3cc(F)c(-c4ccc(C5(C#N)[C@@H]6CNC[C@@H]65)nc4)cc3C[C@@H]12. The van der Waals surface area contributed by atoms with Crippen LogP contribution in [0.2, 0.25) is 0 Å². The Bertz CT molecular complexity index is 1210. The predicted molar refractivity (Wildman–Crippen MR) is 116 cm³/mol. The monoisotopic (exact) mass is 447 g/mol. The summed E-state index contributed by atoms with van der Waals surface area (Å²) in [6.07, 6.45) is 1.12. The molecule has 0 bridgehead atoms. The minimum atomic E-state index is -0.533. The Labute approximate surface area is 189 Å². The standard InChI is InChI=1S/C24H22FN5O3/c1-12(31)28-10-21-20-5-14-4-15(18(25)6-19(14)30(20)23(32)33-21)13-2-3-22(29-7-13)24(11-26)16-8-27-9-17(16)24/h2-4,6-7,16-17,20-21,27H,5,8-10H2,1H3,(H,28,31)/t16-,17+,20-,21-,24?/m0/s1. The van der Waals surface area contributed by atoms with Crippen molar-refractivity contribution in [3.63, 3.8) is 0 Å². The molecule has 2 saturated heterocycles. The summed E-state index contributed by atoms with van der Waals surface area (Å²) < 4.78 is 20.5. The number of benzene rings is 1. The Kier molecular flexibility index (Phi) is 4.26. The maximum Gasteiger partial charge on any atom is 0.415 e. The molecule has 1 aromatic heterocycles. The molecule has 168 valence electrons. The van der Waals surface area contributed by atoms with E-state index in [2.05, 4.69) is 21.7 Å². The molecule has 1 aliphatic carbocycles. The fraction of sp³-hybridized carbons (Fsp3) is 0.417. The van der Waals surface area contributed by atoms with Gasteiger partial charge in [-0.1, -0.05) is 6.07 Å². The van der Waals surface area contributed by atoms with E-state index in [1.807, 2.05) is 12.1 Å². The van der Waals surface area contributed by atoms with E-state index >= 15 is 4.39 Å². The molecule has 1 unspecified atom stereocenters. The first-order chi connectivity index (χ1) is 15.9. The summed E-state index contributed by atoms with van der Waals surface area (Å²) in [7, 11) is 0. The van der Waals surface area contributed by atoms with Crippen LogP contribution >= 0.6 is 0 Å². The molecule has 5 atom stereocenters. The number of halogens is 1. The van der Waals surface area contributed by atoms with Crippen molar-refractivity contribution in [2.45, 2.75) is 30.9 Å². The number of nitriles is 1. The van der Waals surface area contributed by atoms with Gasteiger partial charge in [0.1, 0.15) is 17.3 Å². The van der Waals surface area contributed by atoms with Crippen LogP contribution in [0.15, 0.2) is 30.5 Å². The van der Waals surface area contributed by atoms with E-state index in [4.69, 9.17) is 4.74 Å². The molecule has 8 nitrogen and oxygen atoms in total. The van der Waals surface area contributed by atoms with Crippen LogP contribution in [0.25, 0.3) is 11.1 Å². The van der Waals surface area contributed by atoms with E-state index in [-0.39, 0.29) is 30.3 Å². The number of rotatable bonds is 4. The molecule has 0 radical (unpaired) electrons. The number of carbonyl (C=O) groups is 2. The van der Waals surface area contributed by atoms with Gasteiger partial charge in [0.15, 0.2) is 0 Å². The van der Waals surface area contributed by atoms with Crippen molar-refractivity contribution >= 4 is 17.7 Å². The van der Waals surface area contributed by atoms with E-state index in [0.29, 0.717) is 23.2 Å². The van der Waals surface area contributed by atoms with Crippen LogP contribution in [-0.2, 0) is 21.4 Å². The summed E-state index contributed by atoms with van der Waals surface area (Å²) in [5, 5.41) is 15.8. The fourth-order valence-corrected chi connectivity index (χ4v) is 5.87. The average molecular weight is 447 g/mol. The number of hydrogen-bond acceptors (Lipinski definition) is 6. The molecule has 6 rings (SSSR count). The van der Waals surface area contributed by atoms with Crippen molar-refractivity contribution in [3.05, 3.63) is 47.5 Å². The van der Waals surface area contributed by atoms with Gasteiger partial charge in [0, 0.05) is 49.2 Å². The number of piperidine rings is 1. The van der Waals surface area contributed by atoms with Crippen molar-refractivity contribution in [1.82, 2.24) is 15.6 Å². The Morgan fingerprint density at radius 3 is 2.85 bits per heavy atom. The van der Waals surface area contributed by atoms with Crippen LogP contribution in [0.5, 0.6) is 0 Å². The van der Waals surface area contributed by atoms with Gasteiger partial charge in [-0.15, -0.1) is 0 Å². The lowest BCUT2D eigenvalue weighted by Gasteiger charge is -2.16. The van der Waals surface area contributed by atoms with E-state index in [0.717, 1.165) is 24.3 Å². The van der Waals surface area contributed by atoms with Crippen molar-refractivity contribution in [1.29, 1.82) is 5.26 Å². The first-order valence-corrected chi connectivity index (χ1v) is 11.1. The maximum atomic E-state index is 15.1. The molecule has 1 saturated carbocycles. The van der Waals surface area contributed by atoms with Crippen LogP contribution in [-0.4, -0.2) is 48.8 Å². The number of nitrogens with zero attached hydrogens (tertiary/aromatic N) is 3. The number of fused-ring (bicyclic) bond motifs is 4. The zero-order chi connectivity index (χ0) is 22.9. The van der Waals surface area contributed by atoms with E-state index in [1.165, 1.54) is 17.9 Å². The lowest BCUT2D eigenvalue weighted by Crippen LogP contribution is -2.40. The number of amides is 2. The highest BCUT2D eigenvalue weighted by Crippen LogP contribution is 2.60. The first-order valence-electron chi connectivity index (χ1n) is 11.1. The third-order valence-electron chi connectivity index (χ3n) is 7.58. The highest BCUT2D eigenvalue weighted by molar-refractivity contribution is 5.94. The molecule has 9 heteroatoms. The lowest BCUT2D eigenvalue weighted by atomic mass is 9.95. The number of cyclic esters (lactones) is 1. The van der Waals surface area contributed by atoms with Gasteiger partial charge in [-0.2, -0.15) is 5.26 Å². The van der Waals surface area contributed by atoms with Gasteiger partial charge in [-0.3, -0.25) is 14.7 Å². The number of ether oxygens (including phenoxy) is 1. The number of aromatic nitrogens is 1. The number of pyridine rings is 1.